The highest BCUT2D eigenvalue weighted by atomic mass is 16.2. The third-order valence-electron chi connectivity index (χ3n) is 4.37. The standard InChI is InChI=1S/C13H25N3O/c1-12(2)9-14-6-5-10(12)16-8-7-15-11(17)13(16,3)4/h10,14H,5-9H2,1-4H3,(H,15,17). The van der Waals surface area contributed by atoms with Crippen LogP contribution in [0.25, 0.3) is 0 Å². The molecule has 1 unspecified atom stereocenters. The fraction of sp³-hybridized carbons (Fsp3) is 0.923. The Morgan fingerprint density at radius 3 is 2.59 bits per heavy atom. The van der Waals surface area contributed by atoms with E-state index in [2.05, 4.69) is 29.4 Å². The number of amides is 1. The van der Waals surface area contributed by atoms with Crippen LogP contribution in [0, 0.1) is 5.41 Å². The van der Waals surface area contributed by atoms with Crippen LogP contribution in [0.4, 0.5) is 0 Å². The summed E-state index contributed by atoms with van der Waals surface area (Å²) >= 11 is 0. The molecule has 0 bridgehead atoms. The topological polar surface area (TPSA) is 44.4 Å². The van der Waals surface area contributed by atoms with Gasteiger partial charge in [0.2, 0.25) is 5.91 Å². The van der Waals surface area contributed by atoms with Crippen LogP contribution in [0.15, 0.2) is 0 Å². The van der Waals surface area contributed by atoms with Crippen LogP contribution in [0.2, 0.25) is 0 Å². The molecule has 2 N–H and O–H groups in total. The number of nitrogens with zero attached hydrogens (tertiary/aromatic N) is 1. The molecule has 2 saturated heterocycles. The fourth-order valence-corrected chi connectivity index (χ4v) is 3.20. The van der Waals surface area contributed by atoms with Gasteiger partial charge in [-0.2, -0.15) is 0 Å². The van der Waals surface area contributed by atoms with Crippen molar-refractivity contribution in [2.45, 2.75) is 45.7 Å². The van der Waals surface area contributed by atoms with Crippen molar-refractivity contribution in [2.24, 2.45) is 5.41 Å². The summed E-state index contributed by atoms with van der Waals surface area (Å²) in [6, 6.07) is 0.491. The number of hydrogen-bond acceptors (Lipinski definition) is 3. The Bertz CT molecular complexity index is 312. The molecule has 4 nitrogen and oxygen atoms in total. The van der Waals surface area contributed by atoms with Crippen molar-refractivity contribution in [3.8, 4) is 0 Å². The first-order valence-electron chi connectivity index (χ1n) is 6.61. The second kappa shape index (κ2) is 4.25. The number of hydrogen-bond donors (Lipinski definition) is 2. The Morgan fingerprint density at radius 2 is 1.94 bits per heavy atom. The van der Waals surface area contributed by atoms with Gasteiger partial charge in [0.15, 0.2) is 0 Å². The maximum Gasteiger partial charge on any atom is 0.240 e. The van der Waals surface area contributed by atoms with Crippen LogP contribution in [-0.2, 0) is 4.79 Å². The molecule has 1 atom stereocenters. The van der Waals surface area contributed by atoms with Crippen molar-refractivity contribution >= 4 is 5.91 Å². The van der Waals surface area contributed by atoms with Crippen LogP contribution in [-0.4, -0.2) is 48.6 Å². The van der Waals surface area contributed by atoms with E-state index in [1.54, 1.807) is 0 Å². The van der Waals surface area contributed by atoms with E-state index in [4.69, 9.17) is 0 Å². The maximum atomic E-state index is 12.0. The second-order valence-electron chi connectivity index (χ2n) is 6.48. The Labute approximate surface area is 104 Å². The Morgan fingerprint density at radius 1 is 1.24 bits per heavy atom. The van der Waals surface area contributed by atoms with Gasteiger partial charge in [0, 0.05) is 25.7 Å². The first-order chi connectivity index (χ1) is 7.86. The molecule has 1 amide bonds. The van der Waals surface area contributed by atoms with Gasteiger partial charge in [-0.3, -0.25) is 9.69 Å². The summed E-state index contributed by atoms with van der Waals surface area (Å²) in [5.41, 5.74) is -0.148. The molecule has 98 valence electrons. The summed E-state index contributed by atoms with van der Waals surface area (Å²) in [5.74, 6) is 0.165. The highest BCUT2D eigenvalue weighted by Crippen LogP contribution is 2.34. The summed E-state index contributed by atoms with van der Waals surface area (Å²) in [7, 11) is 0. The van der Waals surface area contributed by atoms with Gasteiger partial charge in [0.25, 0.3) is 0 Å². The molecular weight excluding hydrogens is 214 g/mol. The van der Waals surface area contributed by atoms with Crippen LogP contribution in [0.3, 0.4) is 0 Å². The third kappa shape index (κ3) is 2.20. The molecule has 2 heterocycles. The van der Waals surface area contributed by atoms with E-state index < -0.39 is 0 Å². The molecule has 0 saturated carbocycles. The molecule has 0 aromatic carbocycles. The monoisotopic (exact) mass is 239 g/mol. The lowest BCUT2D eigenvalue weighted by molar-refractivity contribution is -0.140. The minimum absolute atomic E-state index is 0.165. The molecule has 2 aliphatic heterocycles. The van der Waals surface area contributed by atoms with Crippen LogP contribution >= 0.6 is 0 Å². The second-order valence-corrected chi connectivity index (χ2v) is 6.48. The lowest BCUT2D eigenvalue weighted by atomic mass is 9.76. The van der Waals surface area contributed by atoms with Crippen molar-refractivity contribution in [3.05, 3.63) is 0 Å². The first kappa shape index (κ1) is 12.8. The quantitative estimate of drug-likeness (QED) is 0.704. The van der Waals surface area contributed by atoms with E-state index in [1.165, 1.54) is 0 Å². The zero-order chi connectivity index (χ0) is 12.7. The summed E-state index contributed by atoms with van der Waals surface area (Å²) in [5, 5.41) is 6.43. The molecule has 2 rings (SSSR count). The van der Waals surface area contributed by atoms with Crippen molar-refractivity contribution in [1.29, 1.82) is 0 Å². The van der Waals surface area contributed by atoms with Crippen molar-refractivity contribution in [3.63, 3.8) is 0 Å². The first-order valence-corrected chi connectivity index (χ1v) is 6.61. The third-order valence-corrected chi connectivity index (χ3v) is 4.37. The summed E-state index contributed by atoms with van der Waals surface area (Å²) in [6.45, 7) is 12.5. The normalized spacial score (nSPS) is 33.2. The number of carbonyl (C=O) groups is 1. The Kier molecular flexibility index (Phi) is 3.21. The van der Waals surface area contributed by atoms with Crippen molar-refractivity contribution in [1.82, 2.24) is 15.5 Å². The molecule has 2 fully saturated rings. The lowest BCUT2D eigenvalue weighted by Crippen LogP contribution is -2.68. The zero-order valence-electron chi connectivity index (χ0n) is 11.5. The number of rotatable bonds is 1. The molecule has 0 aliphatic carbocycles. The van der Waals surface area contributed by atoms with Gasteiger partial charge < -0.3 is 10.6 Å². The molecular formula is C13H25N3O. The number of piperazine rings is 1. The largest absolute Gasteiger partial charge is 0.353 e. The van der Waals surface area contributed by atoms with Gasteiger partial charge in [-0.25, -0.2) is 0 Å². The SMILES string of the molecule is CC1(C)CNCCC1N1CCNC(=O)C1(C)C. The predicted molar refractivity (Wildman–Crippen MR) is 68.9 cm³/mol. The van der Waals surface area contributed by atoms with E-state index in [1.807, 2.05) is 13.8 Å². The van der Waals surface area contributed by atoms with E-state index in [-0.39, 0.29) is 16.9 Å². The summed E-state index contributed by atoms with van der Waals surface area (Å²) < 4.78 is 0. The van der Waals surface area contributed by atoms with Gasteiger partial charge in [-0.05, 0) is 32.2 Å². The molecule has 2 aliphatic rings. The smallest absolute Gasteiger partial charge is 0.240 e. The van der Waals surface area contributed by atoms with E-state index >= 15 is 0 Å². The molecule has 4 heteroatoms. The van der Waals surface area contributed by atoms with Gasteiger partial charge in [-0.1, -0.05) is 13.8 Å². The predicted octanol–water partition coefficient (Wildman–Crippen LogP) is 0.585. The van der Waals surface area contributed by atoms with E-state index in [9.17, 15) is 4.79 Å². The van der Waals surface area contributed by atoms with Crippen LogP contribution in [0.5, 0.6) is 0 Å². The molecule has 0 aromatic heterocycles. The van der Waals surface area contributed by atoms with Crippen molar-refractivity contribution in [2.75, 3.05) is 26.2 Å². The fourth-order valence-electron chi connectivity index (χ4n) is 3.20. The number of nitrogens with one attached hydrogen (secondary N) is 2. The maximum absolute atomic E-state index is 12.0. The average Bonchev–Trinajstić information content (AvgIpc) is 2.23. The van der Waals surface area contributed by atoms with E-state index in [0.29, 0.717) is 6.04 Å². The Balaban J connectivity index is 2.22. The van der Waals surface area contributed by atoms with E-state index in [0.717, 1.165) is 32.6 Å². The highest BCUT2D eigenvalue weighted by molar-refractivity contribution is 5.86. The lowest BCUT2D eigenvalue weighted by Gasteiger charge is -2.52. The minimum Gasteiger partial charge on any atom is -0.353 e. The number of carbonyl (C=O) groups excluding carboxylic acids is 1. The zero-order valence-corrected chi connectivity index (χ0v) is 11.5. The molecule has 0 spiro atoms. The summed E-state index contributed by atoms with van der Waals surface area (Å²) in [6.07, 6.45) is 1.13. The van der Waals surface area contributed by atoms with Gasteiger partial charge in [0.05, 0.1) is 5.54 Å². The average molecular weight is 239 g/mol. The molecule has 0 aromatic rings. The van der Waals surface area contributed by atoms with Gasteiger partial charge >= 0.3 is 0 Å². The van der Waals surface area contributed by atoms with Crippen LogP contribution < -0.4 is 10.6 Å². The van der Waals surface area contributed by atoms with Gasteiger partial charge in [-0.15, -0.1) is 0 Å². The molecule has 0 radical (unpaired) electrons. The van der Waals surface area contributed by atoms with Crippen LogP contribution in [0.1, 0.15) is 34.1 Å². The molecule has 17 heavy (non-hydrogen) atoms. The Hall–Kier alpha value is -0.610. The van der Waals surface area contributed by atoms with Gasteiger partial charge in [0.1, 0.15) is 0 Å². The number of piperidine rings is 1. The summed E-state index contributed by atoms with van der Waals surface area (Å²) in [4.78, 5) is 14.4. The minimum atomic E-state index is -0.377. The highest BCUT2D eigenvalue weighted by Gasteiger charge is 2.46. The van der Waals surface area contributed by atoms with Crippen molar-refractivity contribution < 1.29 is 4.79 Å².